The van der Waals surface area contributed by atoms with Crippen molar-refractivity contribution in [3.63, 3.8) is 0 Å². The van der Waals surface area contributed by atoms with E-state index in [1.807, 2.05) is 55.5 Å². The van der Waals surface area contributed by atoms with E-state index in [0.717, 1.165) is 53.0 Å². The molecule has 1 amide bonds. The first-order chi connectivity index (χ1) is 14.1. The number of methoxy groups -OCH3 is 1. The average molecular weight is 410 g/mol. The van der Waals surface area contributed by atoms with Crippen molar-refractivity contribution in [2.24, 2.45) is 0 Å². The summed E-state index contributed by atoms with van der Waals surface area (Å²) >= 11 is 6.63. The summed E-state index contributed by atoms with van der Waals surface area (Å²) in [6.45, 7) is 3.43. The maximum absolute atomic E-state index is 12.9. The molecule has 150 valence electrons. The van der Waals surface area contributed by atoms with Gasteiger partial charge in [-0.1, -0.05) is 29.8 Å². The van der Waals surface area contributed by atoms with Crippen molar-refractivity contribution < 1.29 is 9.53 Å². The number of nitrogens with zero attached hydrogens (tertiary/aromatic N) is 2. The molecule has 4 rings (SSSR count). The zero-order valence-electron chi connectivity index (χ0n) is 16.6. The number of nitrogens with one attached hydrogen (secondary N) is 1. The van der Waals surface area contributed by atoms with Crippen LogP contribution in [0, 0.1) is 6.92 Å². The van der Waals surface area contributed by atoms with Crippen LogP contribution in [0.2, 0.25) is 5.02 Å². The normalized spacial score (nSPS) is 16.9. The van der Waals surface area contributed by atoms with Crippen LogP contribution in [0.5, 0.6) is 5.75 Å². The third-order valence-electron chi connectivity index (χ3n) is 5.52. The maximum Gasteiger partial charge on any atom is 0.241 e. The quantitative estimate of drug-likeness (QED) is 0.657. The van der Waals surface area contributed by atoms with Gasteiger partial charge in [0.2, 0.25) is 5.91 Å². The third-order valence-corrected chi connectivity index (χ3v) is 6.02. The topological polar surface area (TPSA) is 54.5 Å². The molecular formula is C23H24ClN3O2. The third kappa shape index (κ3) is 4.07. The molecule has 5 nitrogen and oxygen atoms in total. The van der Waals surface area contributed by atoms with E-state index in [1.165, 1.54) is 0 Å². The summed E-state index contributed by atoms with van der Waals surface area (Å²) < 4.78 is 5.17. The Hall–Kier alpha value is -2.63. The number of rotatable bonds is 5. The van der Waals surface area contributed by atoms with Crippen LogP contribution in [0.4, 0.5) is 5.69 Å². The first-order valence-electron chi connectivity index (χ1n) is 9.79. The van der Waals surface area contributed by atoms with Gasteiger partial charge in [-0.25, -0.2) is 4.98 Å². The zero-order chi connectivity index (χ0) is 20.4. The van der Waals surface area contributed by atoms with Crippen molar-refractivity contribution in [1.29, 1.82) is 0 Å². The van der Waals surface area contributed by atoms with Crippen LogP contribution >= 0.6 is 11.6 Å². The predicted molar refractivity (Wildman–Crippen MR) is 117 cm³/mol. The van der Waals surface area contributed by atoms with E-state index >= 15 is 0 Å². The van der Waals surface area contributed by atoms with Gasteiger partial charge in [0.1, 0.15) is 5.75 Å². The van der Waals surface area contributed by atoms with Gasteiger partial charge in [-0.3, -0.25) is 9.69 Å². The minimum atomic E-state index is -0.193. The Morgan fingerprint density at radius 3 is 2.76 bits per heavy atom. The summed E-state index contributed by atoms with van der Waals surface area (Å²) in [5.41, 5.74) is 3.56. The largest absolute Gasteiger partial charge is 0.497 e. The van der Waals surface area contributed by atoms with Gasteiger partial charge in [-0.15, -0.1) is 0 Å². The van der Waals surface area contributed by atoms with E-state index in [2.05, 4.69) is 10.2 Å². The molecule has 6 heteroatoms. The number of halogens is 1. The highest BCUT2D eigenvalue weighted by molar-refractivity contribution is 6.32. The number of pyridine rings is 1. The van der Waals surface area contributed by atoms with Gasteiger partial charge in [0.05, 0.1) is 29.4 Å². The van der Waals surface area contributed by atoms with Gasteiger partial charge in [0.15, 0.2) is 0 Å². The maximum atomic E-state index is 12.9. The molecule has 0 aliphatic carbocycles. The molecule has 0 saturated carbocycles. The Bertz CT molecular complexity index is 1040. The van der Waals surface area contributed by atoms with E-state index in [-0.39, 0.29) is 11.9 Å². The lowest BCUT2D eigenvalue weighted by molar-refractivity contribution is -0.120. The highest BCUT2D eigenvalue weighted by Crippen LogP contribution is 2.30. The van der Waals surface area contributed by atoms with E-state index in [1.54, 1.807) is 7.11 Å². The Morgan fingerprint density at radius 2 is 2.00 bits per heavy atom. The number of aromatic nitrogens is 1. The first kappa shape index (κ1) is 19.7. The monoisotopic (exact) mass is 409 g/mol. The van der Waals surface area contributed by atoms with E-state index in [9.17, 15) is 4.79 Å². The number of amides is 1. The molecule has 1 aromatic heterocycles. The Kier molecular flexibility index (Phi) is 5.69. The number of hydrogen-bond acceptors (Lipinski definition) is 4. The molecule has 1 atom stereocenters. The molecule has 3 aromatic rings. The second-order valence-corrected chi connectivity index (χ2v) is 7.74. The summed E-state index contributed by atoms with van der Waals surface area (Å²) in [7, 11) is 1.62. The van der Waals surface area contributed by atoms with Crippen molar-refractivity contribution in [2.45, 2.75) is 32.4 Å². The standard InChI is InChI=1S/C23H24ClN3O2/c1-15-18-6-3-4-7-19(18)26-20(22(15)24)14-27-13-5-8-21(27)23(28)25-16-9-11-17(29-2)12-10-16/h3-4,6-7,9-12,21H,5,8,13-14H2,1-2H3,(H,25,28). The van der Waals surface area contributed by atoms with E-state index in [0.29, 0.717) is 11.6 Å². The van der Waals surface area contributed by atoms with Crippen LogP contribution in [0.3, 0.4) is 0 Å². The fourth-order valence-corrected chi connectivity index (χ4v) is 4.13. The predicted octanol–water partition coefficient (Wildman–Crippen LogP) is 4.81. The Morgan fingerprint density at radius 1 is 1.24 bits per heavy atom. The summed E-state index contributed by atoms with van der Waals surface area (Å²) in [6, 6.07) is 15.2. The van der Waals surface area contributed by atoms with Crippen molar-refractivity contribution >= 4 is 34.1 Å². The molecule has 1 unspecified atom stereocenters. The Balaban J connectivity index is 1.52. The smallest absolute Gasteiger partial charge is 0.241 e. The molecule has 0 spiro atoms. The van der Waals surface area contributed by atoms with Gasteiger partial charge in [0, 0.05) is 17.6 Å². The molecule has 29 heavy (non-hydrogen) atoms. The summed E-state index contributed by atoms with van der Waals surface area (Å²) in [5, 5.41) is 4.77. The van der Waals surface area contributed by atoms with Crippen LogP contribution in [-0.2, 0) is 11.3 Å². The molecule has 1 aliphatic rings. The minimum absolute atomic E-state index is 0.00120. The highest BCUT2D eigenvalue weighted by Gasteiger charge is 2.31. The number of carbonyl (C=O) groups is 1. The van der Waals surface area contributed by atoms with Gasteiger partial charge < -0.3 is 10.1 Å². The van der Waals surface area contributed by atoms with Crippen LogP contribution in [0.15, 0.2) is 48.5 Å². The fourth-order valence-electron chi connectivity index (χ4n) is 3.93. The van der Waals surface area contributed by atoms with Gasteiger partial charge in [0.25, 0.3) is 0 Å². The SMILES string of the molecule is COc1ccc(NC(=O)C2CCCN2Cc2nc3ccccc3c(C)c2Cl)cc1. The minimum Gasteiger partial charge on any atom is -0.497 e. The number of hydrogen-bond donors (Lipinski definition) is 1. The number of para-hydroxylation sites is 1. The van der Waals surface area contributed by atoms with Gasteiger partial charge in [-0.05, 0) is 62.2 Å². The number of ether oxygens (including phenoxy) is 1. The molecular weight excluding hydrogens is 386 g/mol. The second kappa shape index (κ2) is 8.39. The van der Waals surface area contributed by atoms with Crippen molar-refractivity contribution in [3.05, 3.63) is 64.8 Å². The number of anilines is 1. The number of aryl methyl sites for hydroxylation is 1. The number of likely N-dealkylation sites (tertiary alicyclic amines) is 1. The van der Waals surface area contributed by atoms with Crippen LogP contribution in [0.1, 0.15) is 24.1 Å². The molecule has 2 aromatic carbocycles. The van der Waals surface area contributed by atoms with Gasteiger partial charge >= 0.3 is 0 Å². The van der Waals surface area contributed by atoms with Crippen LogP contribution < -0.4 is 10.1 Å². The summed E-state index contributed by atoms with van der Waals surface area (Å²) in [6.07, 6.45) is 1.80. The first-order valence-corrected chi connectivity index (χ1v) is 10.2. The summed E-state index contributed by atoms with van der Waals surface area (Å²) in [5.74, 6) is 0.763. The molecule has 1 N–H and O–H groups in total. The second-order valence-electron chi connectivity index (χ2n) is 7.36. The zero-order valence-corrected chi connectivity index (χ0v) is 17.4. The molecule has 1 aliphatic heterocycles. The summed E-state index contributed by atoms with van der Waals surface area (Å²) in [4.78, 5) is 19.8. The molecule has 2 heterocycles. The lowest BCUT2D eigenvalue weighted by Gasteiger charge is -2.24. The number of carbonyl (C=O) groups excluding carboxylic acids is 1. The van der Waals surface area contributed by atoms with Crippen LogP contribution in [0.25, 0.3) is 10.9 Å². The highest BCUT2D eigenvalue weighted by atomic mass is 35.5. The fraction of sp³-hybridized carbons (Fsp3) is 0.304. The average Bonchev–Trinajstić information content (AvgIpc) is 3.21. The van der Waals surface area contributed by atoms with Gasteiger partial charge in [-0.2, -0.15) is 0 Å². The molecule has 0 radical (unpaired) electrons. The Labute approximate surface area is 175 Å². The molecule has 1 fully saturated rings. The van der Waals surface area contributed by atoms with E-state index < -0.39 is 0 Å². The lowest BCUT2D eigenvalue weighted by Crippen LogP contribution is -2.39. The van der Waals surface area contributed by atoms with Crippen molar-refractivity contribution in [3.8, 4) is 5.75 Å². The number of fused-ring (bicyclic) bond motifs is 1. The number of benzene rings is 2. The molecule has 0 bridgehead atoms. The van der Waals surface area contributed by atoms with Crippen LogP contribution in [-0.4, -0.2) is 35.5 Å². The van der Waals surface area contributed by atoms with Crippen molar-refractivity contribution in [2.75, 3.05) is 19.0 Å². The lowest BCUT2D eigenvalue weighted by atomic mass is 10.1. The van der Waals surface area contributed by atoms with E-state index in [4.69, 9.17) is 21.3 Å². The molecule has 1 saturated heterocycles. The van der Waals surface area contributed by atoms with Crippen molar-refractivity contribution in [1.82, 2.24) is 9.88 Å².